The second kappa shape index (κ2) is 12.1. The average molecular weight is 524 g/mol. The molecule has 2 aromatic rings. The quantitative estimate of drug-likeness (QED) is 0.488. The second-order valence-electron chi connectivity index (χ2n) is 7.46. The molecular weight excluding hydrogens is 494 g/mol. The van der Waals surface area contributed by atoms with Gasteiger partial charge in [0.1, 0.15) is 6.04 Å². The van der Waals surface area contributed by atoms with E-state index in [0.29, 0.717) is 19.5 Å². The first-order valence-electron chi connectivity index (χ1n) is 10.5. The van der Waals surface area contributed by atoms with Crippen LogP contribution in [0.4, 0.5) is 0 Å². The van der Waals surface area contributed by atoms with Crippen LogP contribution in [0.3, 0.4) is 0 Å². The zero-order valence-corrected chi connectivity index (χ0v) is 21.0. The molecule has 0 heterocycles. The van der Waals surface area contributed by atoms with E-state index in [-0.39, 0.29) is 29.7 Å². The van der Waals surface area contributed by atoms with Crippen LogP contribution in [0.15, 0.2) is 64.0 Å². The van der Waals surface area contributed by atoms with Gasteiger partial charge in [-0.1, -0.05) is 46.3 Å². The molecule has 174 valence electrons. The molecule has 0 spiro atoms. The molecule has 2 amide bonds. The van der Waals surface area contributed by atoms with Gasteiger partial charge in [-0.15, -0.1) is 0 Å². The Morgan fingerprint density at radius 2 is 1.69 bits per heavy atom. The number of likely N-dealkylation sites (N-methyl/N-ethyl adjacent to an activating group) is 1. The molecule has 0 aliphatic rings. The fraction of sp³-hybridized carbons (Fsp3) is 0.391. The van der Waals surface area contributed by atoms with Gasteiger partial charge in [0, 0.05) is 37.6 Å². The van der Waals surface area contributed by atoms with Crippen LogP contribution in [0.2, 0.25) is 0 Å². The maximum absolute atomic E-state index is 13.0. The van der Waals surface area contributed by atoms with Crippen molar-refractivity contribution in [3.05, 3.63) is 64.6 Å². The number of amides is 2. The largest absolute Gasteiger partial charge is 0.355 e. The maximum atomic E-state index is 13.0. The first-order chi connectivity index (χ1) is 15.2. The van der Waals surface area contributed by atoms with Crippen LogP contribution >= 0.6 is 15.9 Å². The summed E-state index contributed by atoms with van der Waals surface area (Å²) in [5.74, 6) is -0.418. The van der Waals surface area contributed by atoms with Crippen LogP contribution in [0, 0.1) is 0 Å². The monoisotopic (exact) mass is 523 g/mol. The third-order valence-electron chi connectivity index (χ3n) is 5.10. The minimum absolute atomic E-state index is 0.134. The Hall–Kier alpha value is -2.23. The van der Waals surface area contributed by atoms with E-state index in [1.54, 1.807) is 42.2 Å². The Balaban J connectivity index is 2.05. The summed E-state index contributed by atoms with van der Waals surface area (Å²) < 4.78 is 27.5. The van der Waals surface area contributed by atoms with Crippen molar-refractivity contribution >= 4 is 37.8 Å². The molecule has 0 saturated carbocycles. The molecule has 32 heavy (non-hydrogen) atoms. The maximum Gasteiger partial charge on any atom is 0.242 e. The van der Waals surface area contributed by atoms with Gasteiger partial charge in [-0.25, -0.2) is 12.7 Å². The molecule has 0 radical (unpaired) electrons. The molecule has 1 N–H and O–H groups in total. The van der Waals surface area contributed by atoms with Crippen LogP contribution in [-0.4, -0.2) is 55.6 Å². The average Bonchev–Trinajstić information content (AvgIpc) is 2.78. The minimum Gasteiger partial charge on any atom is -0.355 e. The lowest BCUT2D eigenvalue weighted by atomic mass is 10.1. The van der Waals surface area contributed by atoms with Crippen molar-refractivity contribution in [1.29, 1.82) is 0 Å². The van der Waals surface area contributed by atoms with Crippen molar-refractivity contribution in [3.8, 4) is 0 Å². The number of rotatable bonds is 11. The highest BCUT2D eigenvalue weighted by Crippen LogP contribution is 2.17. The predicted octanol–water partition coefficient (Wildman–Crippen LogP) is 3.40. The van der Waals surface area contributed by atoms with E-state index in [0.717, 1.165) is 10.0 Å². The van der Waals surface area contributed by atoms with Gasteiger partial charge in [0.15, 0.2) is 0 Å². The Morgan fingerprint density at radius 3 is 2.28 bits per heavy atom. The number of carbonyl (C=O) groups excluding carboxylic acids is 2. The Labute approximate surface area is 199 Å². The molecule has 2 rings (SSSR count). The summed E-state index contributed by atoms with van der Waals surface area (Å²) in [5, 5.41) is 2.76. The lowest BCUT2D eigenvalue weighted by Crippen LogP contribution is -2.47. The molecule has 9 heteroatoms. The third-order valence-corrected chi connectivity index (χ3v) is 7.50. The standard InChI is InChI=1S/C23H30BrN3O4S/c1-4-25-23(29)18(2)27(17-19-12-14-20(24)15-13-19)22(28)11-8-16-26(3)32(30,31)21-9-6-5-7-10-21/h5-7,9-10,12-15,18H,4,8,11,16-17H2,1-3H3,(H,25,29)/t18-/m0/s1. The molecule has 0 unspecified atom stereocenters. The molecule has 0 aromatic heterocycles. The summed E-state index contributed by atoms with van der Waals surface area (Å²) in [6.45, 7) is 4.50. The Morgan fingerprint density at radius 1 is 1.06 bits per heavy atom. The van der Waals surface area contributed by atoms with Crippen molar-refractivity contribution in [2.45, 2.75) is 44.2 Å². The van der Waals surface area contributed by atoms with E-state index < -0.39 is 16.1 Å². The molecule has 0 bridgehead atoms. The van der Waals surface area contributed by atoms with Crippen molar-refractivity contribution < 1.29 is 18.0 Å². The zero-order valence-electron chi connectivity index (χ0n) is 18.6. The van der Waals surface area contributed by atoms with Gasteiger partial charge in [-0.3, -0.25) is 9.59 Å². The topological polar surface area (TPSA) is 86.8 Å². The highest BCUT2D eigenvalue weighted by Gasteiger charge is 2.26. The van der Waals surface area contributed by atoms with Gasteiger partial charge >= 0.3 is 0 Å². The van der Waals surface area contributed by atoms with Gasteiger partial charge < -0.3 is 10.2 Å². The predicted molar refractivity (Wildman–Crippen MR) is 128 cm³/mol. The Kier molecular flexibility index (Phi) is 9.86. The first-order valence-corrected chi connectivity index (χ1v) is 12.7. The van der Waals surface area contributed by atoms with Gasteiger partial charge in [-0.2, -0.15) is 0 Å². The van der Waals surface area contributed by atoms with Gasteiger partial charge in [-0.05, 0) is 50.1 Å². The van der Waals surface area contributed by atoms with Gasteiger partial charge in [0.05, 0.1) is 4.90 Å². The lowest BCUT2D eigenvalue weighted by molar-refractivity contribution is -0.140. The summed E-state index contributed by atoms with van der Waals surface area (Å²) >= 11 is 3.40. The number of nitrogens with zero attached hydrogens (tertiary/aromatic N) is 2. The fourth-order valence-corrected chi connectivity index (χ4v) is 4.67. The number of hydrogen-bond donors (Lipinski definition) is 1. The zero-order chi connectivity index (χ0) is 23.7. The fourth-order valence-electron chi connectivity index (χ4n) is 3.18. The van der Waals surface area contributed by atoms with Crippen LogP contribution in [0.5, 0.6) is 0 Å². The van der Waals surface area contributed by atoms with E-state index in [9.17, 15) is 18.0 Å². The van der Waals surface area contributed by atoms with Crippen LogP contribution in [0.1, 0.15) is 32.3 Å². The summed E-state index contributed by atoms with van der Waals surface area (Å²) in [5.41, 5.74) is 0.904. The summed E-state index contributed by atoms with van der Waals surface area (Å²) in [6.07, 6.45) is 0.481. The van der Waals surface area contributed by atoms with E-state index in [1.807, 2.05) is 31.2 Å². The van der Waals surface area contributed by atoms with Crippen molar-refractivity contribution in [2.75, 3.05) is 20.1 Å². The molecule has 2 aromatic carbocycles. The summed E-state index contributed by atoms with van der Waals surface area (Å²) in [6, 6.07) is 15.1. The number of benzene rings is 2. The normalized spacial score (nSPS) is 12.4. The number of hydrogen-bond acceptors (Lipinski definition) is 4. The number of sulfonamides is 1. The third kappa shape index (κ3) is 7.15. The van der Waals surface area contributed by atoms with E-state index in [2.05, 4.69) is 21.2 Å². The summed E-state index contributed by atoms with van der Waals surface area (Å²) in [4.78, 5) is 27.2. The van der Waals surface area contributed by atoms with Gasteiger partial charge in [0.2, 0.25) is 21.8 Å². The van der Waals surface area contributed by atoms with Crippen molar-refractivity contribution in [2.24, 2.45) is 0 Å². The Bertz CT molecular complexity index is 998. The van der Waals surface area contributed by atoms with Crippen LogP contribution < -0.4 is 5.32 Å². The SMILES string of the molecule is CCNC(=O)[C@H](C)N(Cc1ccc(Br)cc1)C(=O)CCCN(C)S(=O)(=O)c1ccccc1. The smallest absolute Gasteiger partial charge is 0.242 e. The second-order valence-corrected chi connectivity index (χ2v) is 10.4. The van der Waals surface area contributed by atoms with E-state index in [4.69, 9.17) is 0 Å². The number of nitrogens with one attached hydrogen (secondary N) is 1. The van der Waals surface area contributed by atoms with Crippen molar-refractivity contribution in [1.82, 2.24) is 14.5 Å². The van der Waals surface area contributed by atoms with E-state index >= 15 is 0 Å². The van der Waals surface area contributed by atoms with E-state index in [1.165, 1.54) is 11.4 Å². The van der Waals surface area contributed by atoms with Gasteiger partial charge in [0.25, 0.3) is 0 Å². The molecule has 7 nitrogen and oxygen atoms in total. The molecule has 0 saturated heterocycles. The highest BCUT2D eigenvalue weighted by molar-refractivity contribution is 9.10. The number of carbonyl (C=O) groups is 2. The molecule has 0 aliphatic heterocycles. The lowest BCUT2D eigenvalue weighted by Gasteiger charge is -2.29. The first kappa shape index (κ1) is 26.0. The summed E-state index contributed by atoms with van der Waals surface area (Å²) in [7, 11) is -2.10. The molecule has 0 aliphatic carbocycles. The molecular formula is C23H30BrN3O4S. The highest BCUT2D eigenvalue weighted by atomic mass is 79.9. The molecule has 0 fully saturated rings. The molecule has 1 atom stereocenters. The minimum atomic E-state index is -3.61. The van der Waals surface area contributed by atoms with Crippen LogP contribution in [0.25, 0.3) is 0 Å². The van der Waals surface area contributed by atoms with Crippen molar-refractivity contribution in [3.63, 3.8) is 0 Å². The van der Waals surface area contributed by atoms with Crippen LogP contribution in [-0.2, 0) is 26.2 Å². The number of halogens is 1.